The number of para-hydroxylation sites is 2. The number of amides is 1. The number of hydrogen-bond acceptors (Lipinski definition) is 3. The van der Waals surface area contributed by atoms with Crippen molar-refractivity contribution >= 4 is 46.6 Å². The van der Waals surface area contributed by atoms with Gasteiger partial charge in [0, 0.05) is 5.56 Å². The maximum atomic E-state index is 12.7. The molecule has 0 saturated carbocycles. The minimum atomic E-state index is -0.256. The number of hydrogen-bond donors (Lipinski definition) is 1. The number of methoxy groups -OCH3 is 1. The summed E-state index contributed by atoms with van der Waals surface area (Å²) in [6.45, 7) is 0. The number of rotatable bonds is 3. The van der Waals surface area contributed by atoms with Crippen molar-refractivity contribution < 1.29 is 9.53 Å². The Bertz CT molecular complexity index is 820. The third-order valence-corrected chi connectivity index (χ3v) is 4.01. The Morgan fingerprint density at radius 2 is 1.87 bits per heavy atom. The highest BCUT2D eigenvalue weighted by molar-refractivity contribution is 7.80. The molecule has 0 aliphatic carbocycles. The number of benzene rings is 2. The lowest BCUT2D eigenvalue weighted by atomic mass is 10.1. The molecular formula is C17H13ClN2O2S. The Kier molecular flexibility index (Phi) is 4.32. The van der Waals surface area contributed by atoms with E-state index in [1.807, 2.05) is 24.3 Å². The summed E-state index contributed by atoms with van der Waals surface area (Å²) in [6, 6.07) is 14.5. The predicted octanol–water partition coefficient (Wildman–Crippen LogP) is 3.61. The van der Waals surface area contributed by atoms with Crippen molar-refractivity contribution in [3.8, 4) is 5.75 Å². The van der Waals surface area contributed by atoms with E-state index in [4.69, 9.17) is 28.6 Å². The first-order valence-electron chi connectivity index (χ1n) is 6.86. The van der Waals surface area contributed by atoms with E-state index in [9.17, 15) is 4.79 Å². The van der Waals surface area contributed by atoms with Crippen molar-refractivity contribution in [2.24, 2.45) is 0 Å². The van der Waals surface area contributed by atoms with Crippen LogP contribution in [0.25, 0.3) is 6.08 Å². The van der Waals surface area contributed by atoms with Crippen LogP contribution in [0.3, 0.4) is 0 Å². The van der Waals surface area contributed by atoms with E-state index >= 15 is 0 Å². The van der Waals surface area contributed by atoms with Gasteiger partial charge in [0.05, 0.1) is 17.8 Å². The lowest BCUT2D eigenvalue weighted by Crippen LogP contribution is -2.30. The van der Waals surface area contributed by atoms with Gasteiger partial charge in [0.25, 0.3) is 5.91 Å². The van der Waals surface area contributed by atoms with Gasteiger partial charge in [0.1, 0.15) is 11.4 Å². The molecule has 1 aliphatic heterocycles. The van der Waals surface area contributed by atoms with Crippen LogP contribution in [0.1, 0.15) is 5.56 Å². The first-order valence-corrected chi connectivity index (χ1v) is 7.65. The number of anilines is 1. The standard InChI is InChI=1S/C17H13ClN2O2S/c1-22-15-9-5-2-6-11(15)10-13-16(21)20(17(23)19-13)14-8-4-3-7-12(14)18/h2-10H,1H3,(H,19,23)/b13-10-. The second kappa shape index (κ2) is 6.40. The summed E-state index contributed by atoms with van der Waals surface area (Å²) in [4.78, 5) is 14.1. The quantitative estimate of drug-likeness (QED) is 0.682. The molecule has 0 spiro atoms. The zero-order valence-corrected chi connectivity index (χ0v) is 13.8. The summed E-state index contributed by atoms with van der Waals surface area (Å²) in [7, 11) is 1.59. The van der Waals surface area contributed by atoms with Crippen LogP contribution in [-0.2, 0) is 4.79 Å². The van der Waals surface area contributed by atoms with Gasteiger partial charge in [-0.2, -0.15) is 0 Å². The summed E-state index contributed by atoms with van der Waals surface area (Å²) in [5.41, 5.74) is 1.72. The fourth-order valence-corrected chi connectivity index (χ4v) is 2.84. The van der Waals surface area contributed by atoms with Crippen molar-refractivity contribution in [3.63, 3.8) is 0 Å². The van der Waals surface area contributed by atoms with Crippen LogP contribution in [0.15, 0.2) is 54.2 Å². The average molecular weight is 345 g/mol. The number of ether oxygens (including phenoxy) is 1. The van der Waals surface area contributed by atoms with E-state index < -0.39 is 0 Å². The third kappa shape index (κ3) is 2.93. The third-order valence-electron chi connectivity index (χ3n) is 3.41. The van der Waals surface area contributed by atoms with Crippen molar-refractivity contribution in [2.75, 3.05) is 12.0 Å². The van der Waals surface area contributed by atoms with Crippen LogP contribution >= 0.6 is 23.8 Å². The Balaban J connectivity index is 1.99. The zero-order valence-electron chi connectivity index (χ0n) is 12.2. The van der Waals surface area contributed by atoms with E-state index in [1.54, 1.807) is 37.5 Å². The highest BCUT2D eigenvalue weighted by Crippen LogP contribution is 2.30. The van der Waals surface area contributed by atoms with E-state index in [0.29, 0.717) is 27.3 Å². The van der Waals surface area contributed by atoms with Crippen LogP contribution in [-0.4, -0.2) is 18.1 Å². The molecule has 0 atom stereocenters. The maximum Gasteiger partial charge on any atom is 0.281 e. The Morgan fingerprint density at radius 1 is 1.17 bits per heavy atom. The van der Waals surface area contributed by atoms with Gasteiger partial charge < -0.3 is 10.1 Å². The predicted molar refractivity (Wildman–Crippen MR) is 95.6 cm³/mol. The summed E-state index contributed by atoms with van der Waals surface area (Å²) >= 11 is 11.4. The molecule has 0 radical (unpaired) electrons. The molecule has 116 valence electrons. The van der Waals surface area contributed by atoms with Gasteiger partial charge in [-0.15, -0.1) is 0 Å². The molecule has 6 heteroatoms. The van der Waals surface area contributed by atoms with Gasteiger partial charge in [-0.05, 0) is 36.5 Å². The molecule has 2 aromatic carbocycles. The van der Waals surface area contributed by atoms with Gasteiger partial charge in [-0.25, -0.2) is 0 Å². The number of carbonyl (C=O) groups excluding carboxylic acids is 1. The van der Waals surface area contributed by atoms with Gasteiger partial charge in [-0.3, -0.25) is 9.69 Å². The number of halogens is 1. The summed E-state index contributed by atoms with van der Waals surface area (Å²) in [5, 5.41) is 3.69. The van der Waals surface area contributed by atoms with E-state index in [0.717, 1.165) is 5.56 Å². The average Bonchev–Trinajstić information content (AvgIpc) is 2.83. The highest BCUT2D eigenvalue weighted by Gasteiger charge is 2.33. The van der Waals surface area contributed by atoms with Gasteiger partial charge >= 0.3 is 0 Å². The number of carbonyl (C=O) groups is 1. The zero-order chi connectivity index (χ0) is 16.4. The molecule has 1 aliphatic rings. The smallest absolute Gasteiger partial charge is 0.281 e. The fourth-order valence-electron chi connectivity index (χ4n) is 2.33. The first kappa shape index (κ1) is 15.5. The Hall–Kier alpha value is -2.37. The van der Waals surface area contributed by atoms with Crippen LogP contribution in [0, 0.1) is 0 Å². The fraction of sp³-hybridized carbons (Fsp3) is 0.0588. The first-order chi connectivity index (χ1) is 11.1. The largest absolute Gasteiger partial charge is 0.496 e. The molecule has 23 heavy (non-hydrogen) atoms. The second-order valence-corrected chi connectivity index (χ2v) is 5.62. The van der Waals surface area contributed by atoms with E-state index in [2.05, 4.69) is 5.32 Å². The lowest BCUT2D eigenvalue weighted by Gasteiger charge is -2.15. The normalized spacial score (nSPS) is 15.9. The van der Waals surface area contributed by atoms with Crippen LogP contribution in [0.5, 0.6) is 5.75 Å². The van der Waals surface area contributed by atoms with Crippen LogP contribution in [0.2, 0.25) is 5.02 Å². The molecule has 4 nitrogen and oxygen atoms in total. The number of thiocarbonyl (C=S) groups is 1. The van der Waals surface area contributed by atoms with Gasteiger partial charge in [-0.1, -0.05) is 41.9 Å². The monoisotopic (exact) mass is 344 g/mol. The van der Waals surface area contributed by atoms with E-state index in [-0.39, 0.29) is 5.91 Å². The SMILES string of the molecule is COc1ccccc1/C=C1\NC(=S)N(c2ccccc2Cl)C1=O. The molecule has 0 aromatic heterocycles. The van der Waals surface area contributed by atoms with Crippen LogP contribution in [0.4, 0.5) is 5.69 Å². The van der Waals surface area contributed by atoms with Crippen molar-refractivity contribution in [1.29, 1.82) is 0 Å². The van der Waals surface area contributed by atoms with Crippen molar-refractivity contribution in [3.05, 3.63) is 64.8 Å². The minimum Gasteiger partial charge on any atom is -0.496 e. The van der Waals surface area contributed by atoms with E-state index in [1.165, 1.54) is 4.90 Å². The number of nitrogens with one attached hydrogen (secondary N) is 1. The van der Waals surface area contributed by atoms with Crippen molar-refractivity contribution in [2.45, 2.75) is 0 Å². The van der Waals surface area contributed by atoms with Gasteiger partial charge in [0.15, 0.2) is 5.11 Å². The lowest BCUT2D eigenvalue weighted by molar-refractivity contribution is -0.113. The second-order valence-electron chi connectivity index (χ2n) is 4.82. The highest BCUT2D eigenvalue weighted by atomic mass is 35.5. The molecule has 1 amide bonds. The summed E-state index contributed by atoms with van der Waals surface area (Å²) in [5.74, 6) is 0.422. The van der Waals surface area contributed by atoms with Crippen LogP contribution < -0.4 is 15.0 Å². The topological polar surface area (TPSA) is 41.6 Å². The summed E-state index contributed by atoms with van der Waals surface area (Å²) in [6.07, 6.45) is 1.71. The summed E-state index contributed by atoms with van der Waals surface area (Å²) < 4.78 is 5.30. The molecule has 1 heterocycles. The molecule has 1 N–H and O–H groups in total. The molecule has 0 bridgehead atoms. The van der Waals surface area contributed by atoms with Gasteiger partial charge in [0.2, 0.25) is 0 Å². The maximum absolute atomic E-state index is 12.7. The Labute approximate surface area is 144 Å². The molecule has 3 rings (SSSR count). The molecule has 2 aromatic rings. The molecule has 1 saturated heterocycles. The molecule has 0 unspecified atom stereocenters. The molecule has 1 fully saturated rings. The number of nitrogens with zero attached hydrogens (tertiary/aromatic N) is 1. The van der Waals surface area contributed by atoms with Crippen molar-refractivity contribution in [1.82, 2.24) is 5.32 Å². The minimum absolute atomic E-state index is 0.256. The molecular weight excluding hydrogens is 332 g/mol. The Morgan fingerprint density at radius 3 is 2.61 bits per heavy atom.